The monoisotopic (exact) mass is 158 g/mol. The van der Waals surface area contributed by atoms with Gasteiger partial charge < -0.3 is 5.32 Å². The molecule has 64 valence electrons. The van der Waals surface area contributed by atoms with Crippen molar-refractivity contribution in [3.63, 3.8) is 0 Å². The van der Waals surface area contributed by atoms with Crippen LogP contribution in [0.15, 0.2) is 0 Å². The zero-order chi connectivity index (χ0) is 8.32. The summed E-state index contributed by atoms with van der Waals surface area (Å²) in [6, 6.07) is 0. The van der Waals surface area contributed by atoms with E-state index < -0.39 is 0 Å². The first kappa shape index (κ1) is 8.49. The van der Waals surface area contributed by atoms with Gasteiger partial charge in [-0.1, -0.05) is 0 Å². The lowest BCUT2D eigenvalue weighted by atomic mass is 9.83. The molecule has 1 saturated heterocycles. The fraction of sp³-hybridized carbons (Fsp3) is 0.857. The number of hydrogen-bond donors (Lipinski definition) is 2. The average Bonchev–Trinajstić information content (AvgIpc) is 1.95. The second-order valence-electron chi connectivity index (χ2n) is 3.03. The molecule has 0 bridgehead atoms. The van der Waals surface area contributed by atoms with Gasteiger partial charge in [-0.15, -0.1) is 0 Å². The van der Waals surface area contributed by atoms with Crippen molar-refractivity contribution in [3.05, 3.63) is 0 Å². The maximum atomic E-state index is 11.2. The van der Waals surface area contributed by atoms with Crippen LogP contribution in [0.5, 0.6) is 0 Å². The summed E-state index contributed by atoms with van der Waals surface area (Å²) in [6.07, 6.45) is 0. The molecule has 11 heavy (non-hydrogen) atoms. The fourth-order valence-corrected chi connectivity index (χ4v) is 0.921. The van der Waals surface area contributed by atoms with Crippen molar-refractivity contribution in [2.75, 3.05) is 19.7 Å². The number of rotatable bonds is 3. The Morgan fingerprint density at radius 1 is 1.73 bits per heavy atom. The summed E-state index contributed by atoms with van der Waals surface area (Å²) in [4.78, 5) is 16.0. The Balaban J connectivity index is 2.28. The minimum absolute atomic E-state index is 0.0295. The van der Waals surface area contributed by atoms with Crippen molar-refractivity contribution in [2.24, 2.45) is 5.41 Å². The van der Waals surface area contributed by atoms with Crippen LogP contribution in [-0.2, 0) is 9.63 Å². The van der Waals surface area contributed by atoms with Crippen LogP contribution < -0.4 is 10.8 Å². The lowest BCUT2D eigenvalue weighted by Crippen LogP contribution is -2.59. The van der Waals surface area contributed by atoms with Crippen molar-refractivity contribution in [3.8, 4) is 0 Å². The molecule has 0 aliphatic carbocycles. The molecule has 0 aromatic heterocycles. The molecule has 0 unspecified atom stereocenters. The van der Waals surface area contributed by atoms with Gasteiger partial charge in [0.15, 0.2) is 0 Å². The van der Waals surface area contributed by atoms with Crippen LogP contribution in [0.2, 0.25) is 0 Å². The molecule has 1 aliphatic heterocycles. The molecular weight excluding hydrogens is 144 g/mol. The molecule has 0 aromatic rings. The van der Waals surface area contributed by atoms with E-state index in [-0.39, 0.29) is 11.3 Å². The number of carbonyl (C=O) groups excluding carboxylic acids is 1. The first-order valence-corrected chi connectivity index (χ1v) is 3.82. The van der Waals surface area contributed by atoms with E-state index in [1.807, 2.05) is 13.8 Å². The molecule has 2 N–H and O–H groups in total. The normalized spacial score (nSPS) is 20.5. The Labute approximate surface area is 66.3 Å². The smallest absolute Gasteiger partial charge is 0.252 e. The first-order chi connectivity index (χ1) is 5.19. The SMILES string of the molecule is CCONC(=O)C1(C)CNC1. The third-order valence-corrected chi connectivity index (χ3v) is 1.89. The first-order valence-electron chi connectivity index (χ1n) is 3.82. The zero-order valence-corrected chi connectivity index (χ0v) is 6.94. The standard InChI is InChI=1S/C7H14N2O2/c1-3-11-9-6(10)7(2)4-8-5-7/h8H,3-5H2,1-2H3,(H,9,10). The Hall–Kier alpha value is -0.610. The summed E-state index contributed by atoms with van der Waals surface area (Å²) in [6.45, 7) is 5.74. The predicted molar refractivity (Wildman–Crippen MR) is 40.7 cm³/mol. The molecule has 0 spiro atoms. The number of hydroxylamine groups is 1. The average molecular weight is 158 g/mol. The summed E-state index contributed by atoms with van der Waals surface area (Å²) in [7, 11) is 0. The van der Waals surface area contributed by atoms with Crippen molar-refractivity contribution < 1.29 is 9.63 Å². The second-order valence-corrected chi connectivity index (χ2v) is 3.03. The van der Waals surface area contributed by atoms with Gasteiger partial charge in [-0.2, -0.15) is 0 Å². The van der Waals surface area contributed by atoms with E-state index in [1.165, 1.54) is 0 Å². The van der Waals surface area contributed by atoms with Crippen LogP contribution in [0.3, 0.4) is 0 Å². The van der Waals surface area contributed by atoms with Crippen molar-refractivity contribution >= 4 is 5.91 Å². The van der Waals surface area contributed by atoms with Gasteiger partial charge >= 0.3 is 0 Å². The highest BCUT2D eigenvalue weighted by Gasteiger charge is 2.39. The van der Waals surface area contributed by atoms with Gasteiger partial charge in [0.2, 0.25) is 0 Å². The molecule has 0 saturated carbocycles. The molecule has 0 atom stereocenters. The van der Waals surface area contributed by atoms with E-state index in [4.69, 9.17) is 4.84 Å². The Morgan fingerprint density at radius 2 is 2.36 bits per heavy atom. The number of carbonyl (C=O) groups is 1. The summed E-state index contributed by atoms with van der Waals surface area (Å²) in [5.74, 6) is -0.0295. The molecule has 1 rings (SSSR count). The van der Waals surface area contributed by atoms with E-state index in [1.54, 1.807) is 0 Å². The molecule has 1 amide bonds. The maximum absolute atomic E-state index is 11.2. The molecule has 4 heteroatoms. The molecule has 1 aliphatic rings. The summed E-state index contributed by atoms with van der Waals surface area (Å²) >= 11 is 0. The second kappa shape index (κ2) is 3.19. The van der Waals surface area contributed by atoms with Gasteiger partial charge in [0.1, 0.15) is 0 Å². The minimum atomic E-state index is -0.255. The molecule has 4 nitrogen and oxygen atoms in total. The van der Waals surface area contributed by atoms with Gasteiger partial charge in [-0.25, -0.2) is 5.48 Å². The highest BCUT2D eigenvalue weighted by Crippen LogP contribution is 2.20. The highest BCUT2D eigenvalue weighted by atomic mass is 16.6. The van der Waals surface area contributed by atoms with Gasteiger partial charge in [0.25, 0.3) is 5.91 Å². The lowest BCUT2D eigenvalue weighted by molar-refractivity contribution is -0.145. The lowest BCUT2D eigenvalue weighted by Gasteiger charge is -2.37. The number of nitrogens with one attached hydrogen (secondary N) is 2. The predicted octanol–water partition coefficient (Wildman–Crippen LogP) is -0.336. The van der Waals surface area contributed by atoms with Crippen LogP contribution in [0.25, 0.3) is 0 Å². The maximum Gasteiger partial charge on any atom is 0.252 e. The third-order valence-electron chi connectivity index (χ3n) is 1.89. The van der Waals surface area contributed by atoms with Gasteiger partial charge in [0.05, 0.1) is 12.0 Å². The van der Waals surface area contributed by atoms with Crippen molar-refractivity contribution in [1.29, 1.82) is 0 Å². The van der Waals surface area contributed by atoms with E-state index >= 15 is 0 Å². The van der Waals surface area contributed by atoms with Crippen molar-refractivity contribution in [2.45, 2.75) is 13.8 Å². The highest BCUT2D eigenvalue weighted by molar-refractivity contribution is 5.82. The van der Waals surface area contributed by atoms with Crippen LogP contribution in [0.1, 0.15) is 13.8 Å². The largest absolute Gasteiger partial charge is 0.315 e. The Bertz CT molecular complexity index is 155. The summed E-state index contributed by atoms with van der Waals surface area (Å²) in [5.41, 5.74) is 2.14. The summed E-state index contributed by atoms with van der Waals surface area (Å²) in [5, 5.41) is 3.04. The van der Waals surface area contributed by atoms with Crippen LogP contribution >= 0.6 is 0 Å². The fourth-order valence-electron chi connectivity index (χ4n) is 0.921. The van der Waals surface area contributed by atoms with Gasteiger partial charge in [0, 0.05) is 13.1 Å². The van der Waals surface area contributed by atoms with Crippen LogP contribution in [0, 0.1) is 5.41 Å². The van der Waals surface area contributed by atoms with Crippen LogP contribution in [0.4, 0.5) is 0 Å². The van der Waals surface area contributed by atoms with E-state index in [2.05, 4.69) is 10.8 Å². The Morgan fingerprint density at radius 3 is 2.73 bits per heavy atom. The number of hydrogen-bond acceptors (Lipinski definition) is 3. The molecule has 0 radical (unpaired) electrons. The number of amides is 1. The zero-order valence-electron chi connectivity index (χ0n) is 6.94. The van der Waals surface area contributed by atoms with Crippen molar-refractivity contribution in [1.82, 2.24) is 10.8 Å². The topological polar surface area (TPSA) is 50.4 Å². The Kier molecular flexibility index (Phi) is 2.46. The van der Waals surface area contributed by atoms with Gasteiger partial charge in [-0.05, 0) is 13.8 Å². The van der Waals surface area contributed by atoms with Crippen LogP contribution in [-0.4, -0.2) is 25.6 Å². The molecule has 1 fully saturated rings. The molecule has 1 heterocycles. The molecule has 0 aromatic carbocycles. The van der Waals surface area contributed by atoms with E-state index in [0.29, 0.717) is 6.61 Å². The van der Waals surface area contributed by atoms with E-state index in [0.717, 1.165) is 13.1 Å². The quantitative estimate of drug-likeness (QED) is 0.553. The third kappa shape index (κ3) is 1.70. The minimum Gasteiger partial charge on any atom is -0.315 e. The van der Waals surface area contributed by atoms with Gasteiger partial charge in [-0.3, -0.25) is 9.63 Å². The van der Waals surface area contributed by atoms with E-state index in [9.17, 15) is 4.79 Å². The molecular formula is C7H14N2O2. The summed E-state index contributed by atoms with van der Waals surface area (Å²) < 4.78 is 0.